The van der Waals surface area contributed by atoms with E-state index >= 15 is 0 Å². The third-order valence-electron chi connectivity index (χ3n) is 18.4. The highest BCUT2D eigenvalue weighted by Crippen LogP contribution is 2.45. The molecule has 5 atom stereocenters. The Hall–Kier alpha value is -1.94. The van der Waals surface area contributed by atoms with Crippen LogP contribution in [-0.2, 0) is 65.4 Å². The summed E-state index contributed by atoms with van der Waals surface area (Å²) in [5, 5.41) is 10.6. The van der Waals surface area contributed by atoms with E-state index in [9.17, 15) is 43.2 Å². The van der Waals surface area contributed by atoms with Crippen LogP contribution < -0.4 is 0 Å². The van der Waals surface area contributed by atoms with Gasteiger partial charge >= 0.3 is 39.5 Å². The van der Waals surface area contributed by atoms with Crippen LogP contribution in [0.15, 0.2) is 0 Å². The second-order valence-electron chi connectivity index (χ2n) is 28.1. The van der Waals surface area contributed by atoms with Gasteiger partial charge in [-0.15, -0.1) is 0 Å². The number of esters is 4. The molecule has 0 aliphatic rings. The number of phosphoric ester groups is 2. The number of hydrogen-bond donors (Lipinski definition) is 3. The largest absolute Gasteiger partial charge is 0.472 e. The van der Waals surface area contributed by atoms with Crippen LogP contribution in [0, 0.1) is 0 Å². The molecule has 19 heteroatoms. The van der Waals surface area contributed by atoms with Crippen LogP contribution in [0.3, 0.4) is 0 Å². The van der Waals surface area contributed by atoms with Crippen molar-refractivity contribution in [3.05, 3.63) is 0 Å². The Kier molecular flexibility index (Phi) is 71.0. The van der Waals surface area contributed by atoms with Crippen molar-refractivity contribution in [2.24, 2.45) is 0 Å². The van der Waals surface area contributed by atoms with Gasteiger partial charge < -0.3 is 33.8 Å². The Bertz CT molecular complexity index is 1840. The molecule has 0 aromatic carbocycles. The van der Waals surface area contributed by atoms with E-state index in [4.69, 9.17) is 37.0 Å². The summed E-state index contributed by atoms with van der Waals surface area (Å²) in [5.41, 5.74) is 0. The number of unbranched alkanes of at least 4 members (excludes halogenated alkanes) is 53. The van der Waals surface area contributed by atoms with Crippen LogP contribution in [0.25, 0.3) is 0 Å². The van der Waals surface area contributed by atoms with E-state index in [0.29, 0.717) is 25.7 Å². The van der Waals surface area contributed by atoms with Crippen LogP contribution in [0.5, 0.6) is 0 Å². The molecule has 0 radical (unpaired) electrons. The normalized spacial score (nSPS) is 13.8. The van der Waals surface area contributed by atoms with E-state index in [0.717, 1.165) is 89.9 Å². The Labute approximate surface area is 594 Å². The first-order chi connectivity index (χ1) is 47.2. The van der Waals surface area contributed by atoms with Crippen molar-refractivity contribution in [3.63, 3.8) is 0 Å². The molecule has 0 aromatic heterocycles. The predicted molar refractivity (Wildman–Crippen MR) is 395 cm³/mol. The molecule has 17 nitrogen and oxygen atoms in total. The fourth-order valence-corrected chi connectivity index (χ4v) is 13.7. The van der Waals surface area contributed by atoms with Crippen molar-refractivity contribution in [1.82, 2.24) is 0 Å². The van der Waals surface area contributed by atoms with E-state index in [2.05, 4.69) is 27.7 Å². The van der Waals surface area contributed by atoms with E-state index in [1.807, 2.05) is 0 Å². The third kappa shape index (κ3) is 72.2. The molecule has 0 saturated heterocycles. The molecule has 0 rings (SSSR count). The SMILES string of the molecule is CCCCCCCCCCCCCCCCCCCCCC(=O)O[C@H](COC(=O)CCCCCCCCCCCCCCCCCCCC)COP(=O)(O)OC[C@@H](O)COP(=O)(O)OC[C@@H](COC(=O)CCCCCCCCCCC)OC(=O)CCCCCCCCCCCCC. The van der Waals surface area contributed by atoms with Crippen molar-refractivity contribution in [1.29, 1.82) is 0 Å². The van der Waals surface area contributed by atoms with Crippen LogP contribution in [0.1, 0.15) is 419 Å². The molecular formula is C78H152O17P2. The lowest BCUT2D eigenvalue weighted by Crippen LogP contribution is -2.30. The number of carbonyl (C=O) groups is 4. The highest BCUT2D eigenvalue weighted by molar-refractivity contribution is 7.47. The van der Waals surface area contributed by atoms with E-state index in [1.165, 1.54) is 250 Å². The number of aliphatic hydroxyl groups is 1. The first kappa shape index (κ1) is 95.1. The molecule has 0 bridgehead atoms. The van der Waals surface area contributed by atoms with Crippen LogP contribution in [0.2, 0.25) is 0 Å². The average Bonchev–Trinajstić information content (AvgIpc) is 1.72. The second kappa shape index (κ2) is 72.4. The molecule has 0 aliphatic heterocycles. The van der Waals surface area contributed by atoms with Gasteiger partial charge in [0.25, 0.3) is 0 Å². The lowest BCUT2D eigenvalue weighted by Gasteiger charge is -2.21. The maximum Gasteiger partial charge on any atom is 0.472 e. The molecule has 0 heterocycles. The number of hydrogen-bond acceptors (Lipinski definition) is 15. The quantitative estimate of drug-likeness (QED) is 0.0222. The number of rotatable bonds is 79. The third-order valence-corrected chi connectivity index (χ3v) is 20.3. The van der Waals surface area contributed by atoms with E-state index in [1.54, 1.807) is 0 Å². The lowest BCUT2D eigenvalue weighted by molar-refractivity contribution is -0.161. The zero-order valence-electron chi connectivity index (χ0n) is 63.1. The van der Waals surface area contributed by atoms with Crippen molar-refractivity contribution in [2.45, 2.75) is 438 Å². The number of aliphatic hydroxyl groups excluding tert-OH is 1. The van der Waals surface area contributed by atoms with Gasteiger partial charge in [-0.25, -0.2) is 9.13 Å². The summed E-state index contributed by atoms with van der Waals surface area (Å²) in [5.74, 6) is -2.11. The minimum atomic E-state index is -4.96. The Balaban J connectivity index is 5.20. The van der Waals surface area contributed by atoms with Crippen LogP contribution in [-0.4, -0.2) is 96.7 Å². The molecular weight excluding hydrogens is 1270 g/mol. The standard InChI is InChI=1S/C78H152O17P2/c1-5-9-13-17-21-25-28-30-32-34-36-38-40-42-45-49-53-57-61-65-78(83)95-74(69-89-76(81)63-59-55-51-47-44-41-39-37-35-33-31-29-26-22-18-14-10-6-2)71-93-97(86,87)91-67-72(79)66-90-96(84,85)92-70-73(68-88-75(80)62-58-54-50-46-24-20-16-12-8-4)94-77(82)64-60-56-52-48-43-27-23-19-15-11-7-3/h72-74,79H,5-71H2,1-4H3,(H,84,85)(H,86,87)/t72-,73+,74+/m0/s1. The summed E-state index contributed by atoms with van der Waals surface area (Å²) in [4.78, 5) is 72.8. The average molecular weight is 1420 g/mol. The number of ether oxygens (including phenoxy) is 4. The van der Waals surface area contributed by atoms with Crippen molar-refractivity contribution < 1.29 is 80.2 Å². The van der Waals surface area contributed by atoms with Crippen molar-refractivity contribution in [2.75, 3.05) is 39.6 Å². The molecule has 0 aromatic rings. The van der Waals surface area contributed by atoms with Gasteiger partial charge in [-0.05, 0) is 25.7 Å². The first-order valence-corrected chi connectivity index (χ1v) is 43.8. The molecule has 0 amide bonds. The summed E-state index contributed by atoms with van der Waals surface area (Å²) < 4.78 is 68.5. The molecule has 97 heavy (non-hydrogen) atoms. The van der Waals surface area contributed by atoms with E-state index in [-0.39, 0.29) is 25.7 Å². The number of phosphoric acid groups is 2. The topological polar surface area (TPSA) is 237 Å². The van der Waals surface area contributed by atoms with Crippen LogP contribution in [0.4, 0.5) is 0 Å². The first-order valence-electron chi connectivity index (χ1n) is 40.8. The highest BCUT2D eigenvalue weighted by Gasteiger charge is 2.30. The van der Waals surface area contributed by atoms with Gasteiger partial charge in [0.1, 0.15) is 19.3 Å². The minimum Gasteiger partial charge on any atom is -0.462 e. The predicted octanol–water partition coefficient (Wildman–Crippen LogP) is 23.4. The van der Waals surface area contributed by atoms with Gasteiger partial charge in [0.15, 0.2) is 12.2 Å². The molecule has 0 saturated carbocycles. The molecule has 576 valence electrons. The van der Waals surface area contributed by atoms with Gasteiger partial charge in [0, 0.05) is 25.7 Å². The Morgan fingerprint density at radius 3 is 0.608 bits per heavy atom. The van der Waals surface area contributed by atoms with Gasteiger partial charge in [0.05, 0.1) is 26.4 Å². The molecule has 2 unspecified atom stereocenters. The fourth-order valence-electron chi connectivity index (χ4n) is 12.1. The minimum absolute atomic E-state index is 0.108. The molecule has 0 fully saturated rings. The molecule has 0 spiro atoms. The fraction of sp³-hybridized carbons (Fsp3) is 0.949. The Morgan fingerprint density at radius 1 is 0.247 bits per heavy atom. The van der Waals surface area contributed by atoms with E-state index < -0.39 is 97.5 Å². The second-order valence-corrected chi connectivity index (χ2v) is 31.0. The van der Waals surface area contributed by atoms with Gasteiger partial charge in [-0.2, -0.15) is 0 Å². The van der Waals surface area contributed by atoms with Crippen LogP contribution >= 0.6 is 15.6 Å². The number of carbonyl (C=O) groups excluding carboxylic acids is 4. The van der Waals surface area contributed by atoms with Gasteiger partial charge in [0.2, 0.25) is 0 Å². The molecule has 3 N–H and O–H groups in total. The van der Waals surface area contributed by atoms with Crippen molar-refractivity contribution in [3.8, 4) is 0 Å². The highest BCUT2D eigenvalue weighted by atomic mass is 31.2. The van der Waals surface area contributed by atoms with Gasteiger partial charge in [-0.3, -0.25) is 37.3 Å². The molecule has 0 aliphatic carbocycles. The summed E-state index contributed by atoms with van der Waals surface area (Å²) in [6.45, 7) is 4.98. The smallest absolute Gasteiger partial charge is 0.462 e. The summed E-state index contributed by atoms with van der Waals surface area (Å²) in [6.07, 6.45) is 63.9. The summed E-state index contributed by atoms with van der Waals surface area (Å²) >= 11 is 0. The zero-order chi connectivity index (χ0) is 71.1. The van der Waals surface area contributed by atoms with Gasteiger partial charge in [-0.1, -0.05) is 368 Å². The summed E-state index contributed by atoms with van der Waals surface area (Å²) in [7, 11) is -9.91. The van der Waals surface area contributed by atoms with Crippen molar-refractivity contribution >= 4 is 39.5 Å². The maximum absolute atomic E-state index is 13.1. The Morgan fingerprint density at radius 2 is 0.412 bits per heavy atom. The monoisotopic (exact) mass is 1420 g/mol. The summed E-state index contributed by atoms with van der Waals surface area (Å²) in [6, 6.07) is 0. The lowest BCUT2D eigenvalue weighted by atomic mass is 10.0. The zero-order valence-corrected chi connectivity index (χ0v) is 64.8. The maximum atomic E-state index is 13.1.